The van der Waals surface area contributed by atoms with Crippen LogP contribution in [-0.4, -0.2) is 64.2 Å². The Hall–Kier alpha value is -2.40. The van der Waals surface area contributed by atoms with Crippen LogP contribution in [-0.2, 0) is 25.6 Å². The first kappa shape index (κ1) is 25.7. The number of anilines is 1. The second-order valence-electron chi connectivity index (χ2n) is 10.2. The molecule has 4 rings (SSSR count). The third-order valence-electron chi connectivity index (χ3n) is 6.47. The van der Waals surface area contributed by atoms with Crippen molar-refractivity contribution in [2.24, 2.45) is 11.8 Å². The first-order chi connectivity index (χ1) is 16.7. The minimum Gasteiger partial charge on any atom is -0.444 e. The molecule has 2 saturated heterocycles. The van der Waals surface area contributed by atoms with Crippen LogP contribution >= 0.6 is 23.1 Å². The van der Waals surface area contributed by atoms with Crippen molar-refractivity contribution in [1.82, 2.24) is 19.8 Å². The summed E-state index contributed by atoms with van der Waals surface area (Å²) in [4.78, 5) is 48.9. The Morgan fingerprint density at radius 3 is 2.63 bits per heavy atom. The Labute approximate surface area is 214 Å². The molecule has 1 N–H and O–H groups in total. The molecule has 2 aliphatic heterocycles. The number of aromatic nitrogens is 2. The number of rotatable bonds is 7. The van der Waals surface area contributed by atoms with Gasteiger partial charge in [0.05, 0.1) is 28.3 Å². The highest BCUT2D eigenvalue weighted by Crippen LogP contribution is 2.32. The zero-order valence-corrected chi connectivity index (χ0v) is 22.1. The molecule has 35 heavy (non-hydrogen) atoms. The summed E-state index contributed by atoms with van der Waals surface area (Å²) in [6, 6.07) is 0. The lowest BCUT2D eigenvalue weighted by Gasteiger charge is -2.36. The molecule has 2 aliphatic rings. The Morgan fingerprint density at radius 2 is 1.94 bits per heavy atom. The summed E-state index contributed by atoms with van der Waals surface area (Å²) in [5, 5.41) is 3.52. The second-order valence-corrected chi connectivity index (χ2v) is 12.5. The van der Waals surface area contributed by atoms with Crippen molar-refractivity contribution in [3.8, 4) is 0 Å². The molecule has 0 saturated carbocycles. The third kappa shape index (κ3) is 6.63. The summed E-state index contributed by atoms with van der Waals surface area (Å²) in [5.41, 5.74) is -0.0747. The molecule has 1 unspecified atom stereocenters. The van der Waals surface area contributed by atoms with Crippen LogP contribution in [0.4, 0.5) is 5.13 Å². The molecule has 2 aromatic heterocycles. The van der Waals surface area contributed by atoms with Crippen LogP contribution in [0.2, 0.25) is 0 Å². The van der Waals surface area contributed by atoms with Crippen molar-refractivity contribution >= 4 is 46.5 Å². The average molecular weight is 520 g/mol. The van der Waals surface area contributed by atoms with Gasteiger partial charge in [-0.05, 0) is 25.7 Å². The summed E-state index contributed by atoms with van der Waals surface area (Å²) < 4.78 is 6.81. The molecule has 9 nitrogen and oxygen atoms in total. The van der Waals surface area contributed by atoms with Crippen LogP contribution < -0.4 is 5.32 Å². The maximum absolute atomic E-state index is 12.9. The molecular formula is C24H33N5O4S2. The Morgan fingerprint density at radius 1 is 1.17 bits per heavy atom. The summed E-state index contributed by atoms with van der Waals surface area (Å²) in [7, 11) is 0. The first-order valence-electron chi connectivity index (χ1n) is 12.1. The van der Waals surface area contributed by atoms with Gasteiger partial charge in [0.1, 0.15) is 5.76 Å². The van der Waals surface area contributed by atoms with E-state index in [1.165, 1.54) is 11.3 Å². The Bertz CT molecular complexity index is 1040. The zero-order chi connectivity index (χ0) is 25.0. The molecule has 0 aliphatic carbocycles. The molecule has 2 aromatic rings. The standard InChI is InChI=1S/C24H33N5O4S2/c1-24(2,3)18-11-25-19(33-18)14-34-20-12-26-23(35-20)27-21(31)16-6-9-29(10-7-16)22(32)17-5-4-8-28(13-17)15-30/h11-12,15-17H,4-10,13-14H2,1-3H3,(H,26,27,31). The van der Waals surface area contributed by atoms with Gasteiger partial charge in [0.2, 0.25) is 24.1 Å². The van der Waals surface area contributed by atoms with E-state index < -0.39 is 0 Å². The zero-order valence-electron chi connectivity index (χ0n) is 20.5. The minimum atomic E-state index is -0.139. The lowest BCUT2D eigenvalue weighted by atomic mass is 9.92. The van der Waals surface area contributed by atoms with E-state index >= 15 is 0 Å². The van der Waals surface area contributed by atoms with Crippen molar-refractivity contribution in [2.75, 3.05) is 31.5 Å². The minimum absolute atomic E-state index is 0.0460. The van der Waals surface area contributed by atoms with E-state index in [1.807, 2.05) is 4.90 Å². The molecule has 0 radical (unpaired) electrons. The number of nitrogens with zero attached hydrogens (tertiary/aromatic N) is 4. The first-order valence-corrected chi connectivity index (χ1v) is 13.9. The fourth-order valence-corrected chi connectivity index (χ4v) is 6.10. The number of oxazole rings is 1. The number of carbonyl (C=O) groups excluding carboxylic acids is 3. The highest BCUT2D eigenvalue weighted by molar-refractivity contribution is 8.00. The predicted octanol–water partition coefficient (Wildman–Crippen LogP) is 3.77. The van der Waals surface area contributed by atoms with Gasteiger partial charge in [0.15, 0.2) is 5.13 Å². The van der Waals surface area contributed by atoms with Crippen LogP contribution in [0, 0.1) is 11.8 Å². The number of likely N-dealkylation sites (tertiary alicyclic amines) is 2. The monoisotopic (exact) mass is 519 g/mol. The fourth-order valence-electron chi connectivity index (χ4n) is 4.37. The maximum Gasteiger partial charge on any atom is 0.229 e. The molecule has 3 amide bonds. The Kier molecular flexibility index (Phi) is 8.16. The molecule has 190 valence electrons. The highest BCUT2D eigenvalue weighted by atomic mass is 32.2. The van der Waals surface area contributed by atoms with Crippen LogP contribution in [0.5, 0.6) is 0 Å². The van der Waals surface area contributed by atoms with Gasteiger partial charge in [-0.15, -0.1) is 11.8 Å². The highest BCUT2D eigenvalue weighted by Gasteiger charge is 2.33. The topological polar surface area (TPSA) is 109 Å². The molecule has 0 aromatic carbocycles. The van der Waals surface area contributed by atoms with E-state index in [1.54, 1.807) is 29.1 Å². The number of piperidine rings is 2. The van der Waals surface area contributed by atoms with Crippen LogP contribution in [0.1, 0.15) is 58.1 Å². The van der Waals surface area contributed by atoms with Crippen LogP contribution in [0.25, 0.3) is 0 Å². The smallest absolute Gasteiger partial charge is 0.229 e. The van der Waals surface area contributed by atoms with E-state index in [4.69, 9.17) is 4.42 Å². The van der Waals surface area contributed by atoms with Gasteiger partial charge in [0.25, 0.3) is 0 Å². The summed E-state index contributed by atoms with van der Waals surface area (Å²) in [5.74, 6) is 1.94. The van der Waals surface area contributed by atoms with Crippen molar-refractivity contribution < 1.29 is 18.8 Å². The van der Waals surface area contributed by atoms with Gasteiger partial charge in [-0.2, -0.15) is 0 Å². The van der Waals surface area contributed by atoms with Crippen molar-refractivity contribution in [3.63, 3.8) is 0 Å². The number of amides is 3. The third-order valence-corrected chi connectivity index (χ3v) is 8.57. The van der Waals surface area contributed by atoms with Crippen molar-refractivity contribution in [2.45, 2.75) is 61.8 Å². The van der Waals surface area contributed by atoms with E-state index in [-0.39, 0.29) is 29.1 Å². The number of carbonyl (C=O) groups is 3. The van der Waals surface area contributed by atoms with Gasteiger partial charge >= 0.3 is 0 Å². The van der Waals surface area contributed by atoms with E-state index in [2.05, 4.69) is 36.1 Å². The molecule has 0 spiro atoms. The Balaban J connectivity index is 1.22. The van der Waals surface area contributed by atoms with E-state index in [9.17, 15) is 14.4 Å². The fraction of sp³-hybridized carbons (Fsp3) is 0.625. The van der Waals surface area contributed by atoms with E-state index in [0.717, 1.165) is 35.8 Å². The number of hydrogen-bond donors (Lipinski definition) is 1. The average Bonchev–Trinajstić information content (AvgIpc) is 3.52. The number of thiazole rings is 1. The largest absolute Gasteiger partial charge is 0.444 e. The van der Waals surface area contributed by atoms with Gasteiger partial charge < -0.3 is 19.5 Å². The molecule has 4 heterocycles. The summed E-state index contributed by atoms with van der Waals surface area (Å²) in [6.07, 6.45) is 7.31. The number of hydrogen-bond acceptors (Lipinski definition) is 8. The van der Waals surface area contributed by atoms with E-state index in [0.29, 0.717) is 49.3 Å². The molecule has 2 fully saturated rings. The van der Waals surface area contributed by atoms with Crippen molar-refractivity contribution in [3.05, 3.63) is 24.0 Å². The SMILES string of the molecule is CC(C)(C)c1cnc(CSc2cnc(NC(=O)C3CCN(C(=O)C4CCCN(C=O)C4)CC3)s2)o1. The van der Waals surface area contributed by atoms with Crippen molar-refractivity contribution in [1.29, 1.82) is 0 Å². The number of thioether (sulfide) groups is 1. The molecule has 11 heteroatoms. The van der Waals surface area contributed by atoms with Gasteiger partial charge in [-0.3, -0.25) is 14.4 Å². The quantitative estimate of drug-likeness (QED) is 0.438. The van der Waals surface area contributed by atoms with Crippen LogP contribution in [0.15, 0.2) is 21.0 Å². The summed E-state index contributed by atoms with van der Waals surface area (Å²) in [6.45, 7) is 8.63. The summed E-state index contributed by atoms with van der Waals surface area (Å²) >= 11 is 3.01. The van der Waals surface area contributed by atoms with Gasteiger partial charge in [0, 0.05) is 37.5 Å². The molecule has 1 atom stereocenters. The lowest BCUT2D eigenvalue weighted by Crippen LogP contribution is -2.48. The lowest BCUT2D eigenvalue weighted by molar-refractivity contribution is -0.140. The second kappa shape index (κ2) is 11.1. The number of nitrogens with one attached hydrogen (secondary N) is 1. The molecular weight excluding hydrogens is 486 g/mol. The predicted molar refractivity (Wildman–Crippen MR) is 135 cm³/mol. The normalized spacial score (nSPS) is 19.6. The van der Waals surface area contributed by atoms with Gasteiger partial charge in [-0.25, -0.2) is 9.97 Å². The molecule has 0 bridgehead atoms. The maximum atomic E-state index is 12.9. The van der Waals surface area contributed by atoms with Gasteiger partial charge in [-0.1, -0.05) is 32.1 Å². The van der Waals surface area contributed by atoms with Crippen LogP contribution in [0.3, 0.4) is 0 Å².